The number of nitrogens with zero attached hydrogens (tertiary/aromatic N) is 1. The SMILES string of the molecule is Cc1cc(C)cc(CNc2cc(C#N)ccc2C)c1. The van der Waals surface area contributed by atoms with Gasteiger partial charge in [-0.25, -0.2) is 0 Å². The van der Waals surface area contributed by atoms with E-state index in [9.17, 15) is 0 Å². The fourth-order valence-corrected chi connectivity index (χ4v) is 2.25. The van der Waals surface area contributed by atoms with Gasteiger partial charge in [-0.15, -0.1) is 0 Å². The molecule has 0 radical (unpaired) electrons. The van der Waals surface area contributed by atoms with Crippen LogP contribution in [0.3, 0.4) is 0 Å². The standard InChI is InChI=1S/C17H18N2/c1-12-6-13(2)8-16(7-12)11-19-17-9-15(10-18)5-4-14(17)3/h4-9,19H,11H2,1-3H3. The Bertz CT molecular complexity index is 616. The number of nitriles is 1. The Kier molecular flexibility index (Phi) is 3.87. The molecule has 0 saturated heterocycles. The normalized spacial score (nSPS) is 10.0. The largest absolute Gasteiger partial charge is 0.381 e. The van der Waals surface area contributed by atoms with Gasteiger partial charge in [0.15, 0.2) is 0 Å². The molecule has 2 aromatic rings. The summed E-state index contributed by atoms with van der Waals surface area (Å²) in [7, 11) is 0. The number of hydrogen-bond acceptors (Lipinski definition) is 2. The van der Waals surface area contributed by atoms with Gasteiger partial charge in [0.05, 0.1) is 11.6 Å². The van der Waals surface area contributed by atoms with Crippen molar-refractivity contribution in [1.29, 1.82) is 5.26 Å². The summed E-state index contributed by atoms with van der Waals surface area (Å²) in [5.41, 5.74) is 6.69. The van der Waals surface area contributed by atoms with Gasteiger partial charge in [0.25, 0.3) is 0 Å². The van der Waals surface area contributed by atoms with Crippen LogP contribution in [0.15, 0.2) is 36.4 Å². The first kappa shape index (κ1) is 13.2. The molecule has 1 N–H and O–H groups in total. The summed E-state index contributed by atoms with van der Waals surface area (Å²) in [5.74, 6) is 0. The van der Waals surface area contributed by atoms with Gasteiger partial charge in [-0.2, -0.15) is 5.26 Å². The fourth-order valence-electron chi connectivity index (χ4n) is 2.25. The smallest absolute Gasteiger partial charge is 0.0992 e. The summed E-state index contributed by atoms with van der Waals surface area (Å²) in [4.78, 5) is 0. The lowest BCUT2D eigenvalue weighted by Gasteiger charge is -2.11. The summed E-state index contributed by atoms with van der Waals surface area (Å²) in [5, 5.41) is 12.3. The lowest BCUT2D eigenvalue weighted by Crippen LogP contribution is -2.02. The lowest BCUT2D eigenvalue weighted by molar-refractivity contribution is 1.12. The van der Waals surface area contributed by atoms with E-state index < -0.39 is 0 Å². The van der Waals surface area contributed by atoms with Gasteiger partial charge >= 0.3 is 0 Å². The van der Waals surface area contributed by atoms with Crippen molar-refractivity contribution < 1.29 is 0 Å². The van der Waals surface area contributed by atoms with E-state index in [1.54, 1.807) is 0 Å². The highest BCUT2D eigenvalue weighted by molar-refractivity contribution is 5.55. The number of rotatable bonds is 3. The van der Waals surface area contributed by atoms with Gasteiger partial charge in [0.1, 0.15) is 0 Å². The first-order chi connectivity index (χ1) is 9.08. The van der Waals surface area contributed by atoms with Crippen molar-refractivity contribution in [3.63, 3.8) is 0 Å². The third-order valence-electron chi connectivity index (χ3n) is 3.13. The second-order valence-electron chi connectivity index (χ2n) is 4.99. The Morgan fingerprint density at radius 3 is 2.32 bits per heavy atom. The Morgan fingerprint density at radius 2 is 1.68 bits per heavy atom. The topological polar surface area (TPSA) is 35.8 Å². The number of nitrogens with one attached hydrogen (secondary N) is 1. The molecule has 2 nitrogen and oxygen atoms in total. The Hall–Kier alpha value is -2.27. The minimum atomic E-state index is 0.688. The quantitative estimate of drug-likeness (QED) is 0.890. The molecule has 2 rings (SSSR count). The molecule has 0 saturated carbocycles. The van der Waals surface area contributed by atoms with Gasteiger partial charge < -0.3 is 5.32 Å². The van der Waals surface area contributed by atoms with Crippen molar-refractivity contribution in [3.05, 3.63) is 64.2 Å². The van der Waals surface area contributed by atoms with E-state index in [0.717, 1.165) is 17.8 Å². The molecule has 2 aromatic carbocycles. The molecule has 0 spiro atoms. The molecule has 2 heteroatoms. The van der Waals surface area contributed by atoms with Crippen LogP contribution >= 0.6 is 0 Å². The lowest BCUT2D eigenvalue weighted by atomic mass is 10.1. The maximum Gasteiger partial charge on any atom is 0.0992 e. The zero-order valence-corrected chi connectivity index (χ0v) is 11.6. The number of anilines is 1. The van der Waals surface area contributed by atoms with Crippen molar-refractivity contribution in [3.8, 4) is 6.07 Å². The van der Waals surface area contributed by atoms with Crippen molar-refractivity contribution >= 4 is 5.69 Å². The highest BCUT2D eigenvalue weighted by Crippen LogP contribution is 2.18. The minimum Gasteiger partial charge on any atom is -0.381 e. The van der Waals surface area contributed by atoms with Crippen molar-refractivity contribution in [2.24, 2.45) is 0 Å². The average Bonchev–Trinajstić information content (AvgIpc) is 2.37. The predicted octanol–water partition coefficient (Wildman–Crippen LogP) is 4.10. The maximum atomic E-state index is 8.93. The zero-order valence-electron chi connectivity index (χ0n) is 11.6. The van der Waals surface area contributed by atoms with Crippen LogP contribution < -0.4 is 5.32 Å². The fraction of sp³-hybridized carbons (Fsp3) is 0.235. The highest BCUT2D eigenvalue weighted by Gasteiger charge is 2.01. The van der Waals surface area contributed by atoms with Crippen LogP contribution in [-0.2, 0) is 6.54 Å². The molecule has 0 bridgehead atoms. The number of aryl methyl sites for hydroxylation is 3. The van der Waals surface area contributed by atoms with Crippen LogP contribution in [0.2, 0.25) is 0 Å². The van der Waals surface area contributed by atoms with Gasteiger partial charge in [0, 0.05) is 12.2 Å². The number of benzene rings is 2. The van der Waals surface area contributed by atoms with Crippen LogP contribution in [0, 0.1) is 32.1 Å². The van der Waals surface area contributed by atoms with Crippen molar-refractivity contribution in [2.45, 2.75) is 27.3 Å². The molecule has 0 aliphatic carbocycles. The first-order valence-corrected chi connectivity index (χ1v) is 6.40. The molecule has 0 fully saturated rings. The summed E-state index contributed by atoms with van der Waals surface area (Å²) in [6.45, 7) is 7.04. The van der Waals surface area contributed by atoms with Crippen molar-refractivity contribution in [1.82, 2.24) is 0 Å². The van der Waals surface area contributed by atoms with E-state index in [0.29, 0.717) is 5.56 Å². The molecule has 96 valence electrons. The molecule has 0 atom stereocenters. The summed E-state index contributed by atoms with van der Waals surface area (Å²) in [6.07, 6.45) is 0. The monoisotopic (exact) mass is 250 g/mol. The Morgan fingerprint density at radius 1 is 1.00 bits per heavy atom. The van der Waals surface area contributed by atoms with Crippen LogP contribution in [0.4, 0.5) is 5.69 Å². The molecule has 0 amide bonds. The first-order valence-electron chi connectivity index (χ1n) is 6.40. The molecule has 0 aliphatic heterocycles. The van der Waals surface area contributed by atoms with Crippen LogP contribution in [-0.4, -0.2) is 0 Å². The molecular weight excluding hydrogens is 232 g/mol. The summed E-state index contributed by atoms with van der Waals surface area (Å²) < 4.78 is 0. The van der Waals surface area contributed by atoms with Gasteiger partial charge in [-0.05, 0) is 44.0 Å². The van der Waals surface area contributed by atoms with Crippen LogP contribution in [0.5, 0.6) is 0 Å². The predicted molar refractivity (Wildman–Crippen MR) is 79.1 cm³/mol. The van der Waals surface area contributed by atoms with Gasteiger partial charge in [-0.1, -0.05) is 35.4 Å². The average molecular weight is 250 g/mol. The third-order valence-corrected chi connectivity index (χ3v) is 3.13. The third kappa shape index (κ3) is 3.35. The maximum absolute atomic E-state index is 8.93. The second-order valence-corrected chi connectivity index (χ2v) is 4.99. The van der Waals surface area contributed by atoms with E-state index in [-0.39, 0.29) is 0 Å². The Balaban J connectivity index is 2.16. The highest BCUT2D eigenvalue weighted by atomic mass is 14.9. The van der Waals surface area contributed by atoms with Gasteiger partial charge in [-0.3, -0.25) is 0 Å². The van der Waals surface area contributed by atoms with Gasteiger partial charge in [0.2, 0.25) is 0 Å². The molecular formula is C17H18N2. The molecule has 19 heavy (non-hydrogen) atoms. The zero-order chi connectivity index (χ0) is 13.8. The summed E-state index contributed by atoms with van der Waals surface area (Å²) >= 11 is 0. The number of hydrogen-bond donors (Lipinski definition) is 1. The summed E-state index contributed by atoms with van der Waals surface area (Å²) in [6, 6.07) is 14.4. The van der Waals surface area contributed by atoms with Crippen molar-refractivity contribution in [2.75, 3.05) is 5.32 Å². The van der Waals surface area contributed by atoms with E-state index >= 15 is 0 Å². The molecule has 0 aliphatic rings. The second kappa shape index (κ2) is 5.58. The Labute approximate surface area is 114 Å². The van der Waals surface area contributed by atoms with E-state index in [2.05, 4.69) is 43.4 Å². The van der Waals surface area contributed by atoms with Crippen LogP contribution in [0.25, 0.3) is 0 Å². The van der Waals surface area contributed by atoms with E-state index in [4.69, 9.17) is 5.26 Å². The van der Waals surface area contributed by atoms with Crippen LogP contribution in [0.1, 0.15) is 27.8 Å². The minimum absolute atomic E-state index is 0.688. The molecule has 0 heterocycles. The van der Waals surface area contributed by atoms with E-state index in [1.807, 2.05) is 25.1 Å². The van der Waals surface area contributed by atoms with E-state index in [1.165, 1.54) is 16.7 Å². The molecule has 0 unspecified atom stereocenters. The molecule has 0 aromatic heterocycles.